The van der Waals surface area contributed by atoms with Gasteiger partial charge in [0.25, 0.3) is 0 Å². The van der Waals surface area contributed by atoms with Gasteiger partial charge in [-0.15, -0.1) is 0 Å². The molecule has 0 aromatic rings. The van der Waals surface area contributed by atoms with Gasteiger partial charge >= 0.3 is 0 Å². The van der Waals surface area contributed by atoms with Gasteiger partial charge < -0.3 is 11.2 Å². The van der Waals surface area contributed by atoms with Crippen LogP contribution in [-0.4, -0.2) is 37.5 Å². The second kappa shape index (κ2) is 3.79. The van der Waals surface area contributed by atoms with Crippen LogP contribution in [-0.2, 0) is 4.84 Å². The summed E-state index contributed by atoms with van der Waals surface area (Å²) in [5.41, 5.74) is 5.34. The molecule has 0 bridgehead atoms. The smallest absolute Gasteiger partial charge is 0.162 e. The molecule has 9 heavy (non-hydrogen) atoms. The minimum Gasteiger partial charge on any atom is -0.412 e. The molecule has 0 aliphatic carbocycles. The van der Waals surface area contributed by atoms with Crippen LogP contribution >= 0.6 is 0 Å². The van der Waals surface area contributed by atoms with E-state index in [1.807, 2.05) is 28.1 Å². The van der Waals surface area contributed by atoms with Crippen molar-refractivity contribution in [2.75, 3.05) is 21.1 Å². The van der Waals surface area contributed by atoms with Crippen molar-refractivity contribution in [2.45, 2.75) is 13.2 Å². The van der Waals surface area contributed by atoms with Crippen LogP contribution in [0.3, 0.4) is 0 Å². The number of nitrogens with two attached hydrogens (primary N) is 1. The summed E-state index contributed by atoms with van der Waals surface area (Å²) in [4.78, 5) is 5.15. The van der Waals surface area contributed by atoms with E-state index in [0.29, 0.717) is 4.65 Å². The number of hydroxylamine groups is 3. The molecule has 0 radical (unpaired) electrons. The highest BCUT2D eigenvalue weighted by molar-refractivity contribution is 4.22. The van der Waals surface area contributed by atoms with Crippen LogP contribution in [0, 0.1) is 0 Å². The predicted molar refractivity (Wildman–Crippen MR) is 36.4 cm³/mol. The molecule has 4 heteroatoms. The van der Waals surface area contributed by atoms with Crippen molar-refractivity contribution >= 4 is 0 Å². The fraction of sp³-hybridized carbons (Fsp3) is 1.00. The monoisotopic (exact) mass is 137 g/mol. The topological polar surface area (TPSA) is 66.8 Å². The maximum atomic E-state index is 5.34. The zero-order chi connectivity index (χ0) is 6.78. The Bertz CT molecular complexity index is 67.8. The van der Waals surface area contributed by atoms with Crippen molar-refractivity contribution in [3.05, 3.63) is 0 Å². The highest BCUT2D eigenvalue weighted by Crippen LogP contribution is 1.93. The standard InChI is InChI=1S/C5H15N2O.H2O/c1-5(6)8-7(2,3)4;/h5H,6H2,1-4H3;1H2/q+1;. The lowest BCUT2D eigenvalue weighted by atomic mass is 10.7. The molecule has 0 amide bonds. The van der Waals surface area contributed by atoms with E-state index in [1.54, 1.807) is 0 Å². The summed E-state index contributed by atoms with van der Waals surface area (Å²) >= 11 is 0. The van der Waals surface area contributed by atoms with Crippen molar-refractivity contribution in [2.24, 2.45) is 5.73 Å². The van der Waals surface area contributed by atoms with E-state index in [1.165, 1.54) is 0 Å². The molecular formula is C5H17N2O2+. The molecule has 0 rings (SSSR count). The molecule has 0 fully saturated rings. The Morgan fingerprint density at radius 1 is 1.33 bits per heavy atom. The third-order valence-corrected chi connectivity index (χ3v) is 0.482. The lowest BCUT2D eigenvalue weighted by molar-refractivity contribution is -1.07. The fourth-order valence-corrected chi connectivity index (χ4v) is 0.499. The average molecular weight is 137 g/mol. The molecule has 0 saturated heterocycles. The van der Waals surface area contributed by atoms with E-state index >= 15 is 0 Å². The van der Waals surface area contributed by atoms with Crippen molar-refractivity contribution in [1.29, 1.82) is 0 Å². The van der Waals surface area contributed by atoms with Gasteiger partial charge in [0, 0.05) is 0 Å². The van der Waals surface area contributed by atoms with Crippen LogP contribution in [0.2, 0.25) is 0 Å². The maximum Gasteiger partial charge on any atom is 0.162 e. The van der Waals surface area contributed by atoms with Gasteiger partial charge in [0.1, 0.15) is 0 Å². The van der Waals surface area contributed by atoms with E-state index in [-0.39, 0.29) is 11.7 Å². The summed E-state index contributed by atoms with van der Waals surface area (Å²) < 4.78 is 0.456. The first-order chi connectivity index (χ1) is 3.42. The van der Waals surface area contributed by atoms with E-state index in [2.05, 4.69) is 0 Å². The third-order valence-electron chi connectivity index (χ3n) is 0.482. The lowest BCUT2D eigenvalue weighted by Gasteiger charge is -2.22. The summed E-state index contributed by atoms with van der Waals surface area (Å²) in [5, 5.41) is 0. The van der Waals surface area contributed by atoms with E-state index in [4.69, 9.17) is 10.6 Å². The second-order valence-electron chi connectivity index (χ2n) is 2.70. The summed E-state index contributed by atoms with van der Waals surface area (Å²) in [7, 11) is 5.76. The number of rotatable bonds is 2. The second-order valence-corrected chi connectivity index (χ2v) is 2.70. The first-order valence-corrected chi connectivity index (χ1v) is 2.67. The largest absolute Gasteiger partial charge is 0.412 e. The van der Waals surface area contributed by atoms with Crippen LogP contribution in [0.4, 0.5) is 0 Å². The summed E-state index contributed by atoms with van der Waals surface area (Å²) in [6.45, 7) is 1.81. The summed E-state index contributed by atoms with van der Waals surface area (Å²) in [5.74, 6) is 0. The number of quaternary nitrogens is 1. The first kappa shape index (κ1) is 11.6. The van der Waals surface area contributed by atoms with Crippen molar-refractivity contribution in [1.82, 2.24) is 0 Å². The van der Waals surface area contributed by atoms with E-state index < -0.39 is 0 Å². The van der Waals surface area contributed by atoms with Gasteiger partial charge in [-0.1, -0.05) is 0 Å². The molecule has 0 heterocycles. The van der Waals surface area contributed by atoms with Gasteiger partial charge in [-0.05, 0) is 6.92 Å². The highest BCUT2D eigenvalue weighted by atomic mass is 16.7. The van der Waals surface area contributed by atoms with Crippen LogP contribution < -0.4 is 5.73 Å². The summed E-state index contributed by atoms with van der Waals surface area (Å²) in [6, 6.07) is 0. The van der Waals surface area contributed by atoms with Gasteiger partial charge in [0.15, 0.2) is 6.23 Å². The molecule has 0 aliphatic rings. The highest BCUT2D eigenvalue weighted by Gasteiger charge is 2.09. The Hall–Kier alpha value is -0.160. The Labute approximate surface area is 56.1 Å². The SMILES string of the molecule is CC(N)O[N+](C)(C)C.O. The van der Waals surface area contributed by atoms with E-state index in [0.717, 1.165) is 0 Å². The fourth-order valence-electron chi connectivity index (χ4n) is 0.499. The van der Waals surface area contributed by atoms with Crippen molar-refractivity contribution in [3.8, 4) is 0 Å². The molecule has 58 valence electrons. The Balaban J connectivity index is 0. The maximum absolute atomic E-state index is 5.34. The predicted octanol–water partition coefficient (Wildman–Crippen LogP) is -0.896. The van der Waals surface area contributed by atoms with Crippen LogP contribution in [0.1, 0.15) is 6.92 Å². The molecule has 4 nitrogen and oxygen atoms in total. The number of hydrogen-bond acceptors (Lipinski definition) is 2. The third kappa shape index (κ3) is 11.4. The van der Waals surface area contributed by atoms with Crippen molar-refractivity contribution < 1.29 is 15.0 Å². The average Bonchev–Trinajstić information content (AvgIpc) is 1.21. The van der Waals surface area contributed by atoms with Crippen molar-refractivity contribution in [3.63, 3.8) is 0 Å². The van der Waals surface area contributed by atoms with Crippen LogP contribution in [0.15, 0.2) is 0 Å². The minimum atomic E-state index is -0.185. The van der Waals surface area contributed by atoms with Gasteiger partial charge in [-0.2, -0.15) is 9.48 Å². The van der Waals surface area contributed by atoms with Gasteiger partial charge in [-0.25, -0.2) is 0 Å². The Morgan fingerprint density at radius 3 is 1.67 bits per heavy atom. The molecule has 0 aliphatic heterocycles. The first-order valence-electron chi connectivity index (χ1n) is 2.67. The zero-order valence-electron chi connectivity index (χ0n) is 6.51. The molecule has 0 spiro atoms. The van der Waals surface area contributed by atoms with Crippen LogP contribution in [0.25, 0.3) is 0 Å². The zero-order valence-corrected chi connectivity index (χ0v) is 6.51. The van der Waals surface area contributed by atoms with Crippen LogP contribution in [0.5, 0.6) is 0 Å². The molecule has 0 aromatic carbocycles. The normalized spacial score (nSPS) is 14.3. The quantitative estimate of drug-likeness (QED) is 0.304. The molecule has 0 aromatic heterocycles. The minimum absolute atomic E-state index is 0. The molecule has 0 saturated carbocycles. The molecule has 4 N–H and O–H groups in total. The Kier molecular flexibility index (Phi) is 4.89. The van der Waals surface area contributed by atoms with E-state index in [9.17, 15) is 0 Å². The number of hydrogen-bond donors (Lipinski definition) is 1. The van der Waals surface area contributed by atoms with Gasteiger partial charge in [0.05, 0.1) is 21.1 Å². The van der Waals surface area contributed by atoms with Gasteiger partial charge in [0.2, 0.25) is 0 Å². The molecule has 1 atom stereocenters. The molecule has 1 unspecified atom stereocenters. The lowest BCUT2D eigenvalue weighted by Crippen LogP contribution is -2.40. The van der Waals surface area contributed by atoms with Gasteiger partial charge in [-0.3, -0.25) is 0 Å². The Morgan fingerprint density at radius 2 is 1.67 bits per heavy atom. The number of nitrogens with zero attached hydrogens (tertiary/aromatic N) is 1. The molecular weight excluding hydrogens is 120 g/mol. The summed E-state index contributed by atoms with van der Waals surface area (Å²) in [6.07, 6.45) is -0.185.